The second-order valence-corrected chi connectivity index (χ2v) is 7.27. The van der Waals surface area contributed by atoms with E-state index in [9.17, 15) is 9.18 Å². The van der Waals surface area contributed by atoms with Crippen molar-refractivity contribution in [2.45, 2.75) is 44.6 Å². The Hall–Kier alpha value is -2.11. The maximum absolute atomic E-state index is 12.9. The fourth-order valence-corrected chi connectivity index (χ4v) is 3.87. The molecule has 2 N–H and O–H groups in total. The number of benzene rings is 1. The SMILES string of the molecule is CN=C(NCCc1ccc(F)cc1)NC1CCN(C(=O)C2CCCC2)C1. The lowest BCUT2D eigenvalue weighted by Gasteiger charge is -2.21. The predicted molar refractivity (Wildman–Crippen MR) is 102 cm³/mol. The third-order valence-electron chi connectivity index (χ3n) is 5.39. The molecule has 2 aliphatic rings. The highest BCUT2D eigenvalue weighted by atomic mass is 19.1. The van der Waals surface area contributed by atoms with E-state index in [0.717, 1.165) is 56.8 Å². The van der Waals surface area contributed by atoms with Crippen LogP contribution >= 0.6 is 0 Å². The number of carbonyl (C=O) groups excluding carboxylic acids is 1. The van der Waals surface area contributed by atoms with Gasteiger partial charge in [-0.1, -0.05) is 25.0 Å². The maximum atomic E-state index is 12.9. The summed E-state index contributed by atoms with van der Waals surface area (Å²) < 4.78 is 12.9. The van der Waals surface area contributed by atoms with E-state index in [1.54, 1.807) is 19.2 Å². The first-order valence-electron chi connectivity index (χ1n) is 9.66. The number of likely N-dealkylation sites (tertiary alicyclic amines) is 1. The van der Waals surface area contributed by atoms with E-state index in [0.29, 0.717) is 5.91 Å². The lowest BCUT2D eigenvalue weighted by atomic mass is 10.1. The maximum Gasteiger partial charge on any atom is 0.225 e. The molecular formula is C20H29FN4O. The van der Waals surface area contributed by atoms with Gasteiger partial charge in [-0.3, -0.25) is 9.79 Å². The molecule has 1 heterocycles. The van der Waals surface area contributed by atoms with Crippen LogP contribution in [0.3, 0.4) is 0 Å². The molecule has 0 spiro atoms. The van der Waals surface area contributed by atoms with Crippen molar-refractivity contribution < 1.29 is 9.18 Å². The number of carbonyl (C=O) groups is 1. The minimum atomic E-state index is -0.211. The molecule has 1 unspecified atom stereocenters. The molecule has 3 rings (SSSR count). The van der Waals surface area contributed by atoms with Crippen molar-refractivity contribution in [1.82, 2.24) is 15.5 Å². The lowest BCUT2D eigenvalue weighted by molar-refractivity contribution is -0.134. The van der Waals surface area contributed by atoms with E-state index < -0.39 is 0 Å². The zero-order valence-corrected chi connectivity index (χ0v) is 15.5. The van der Waals surface area contributed by atoms with Crippen molar-refractivity contribution in [3.05, 3.63) is 35.6 Å². The zero-order chi connectivity index (χ0) is 18.4. The van der Waals surface area contributed by atoms with Crippen molar-refractivity contribution in [2.75, 3.05) is 26.7 Å². The van der Waals surface area contributed by atoms with Crippen LogP contribution in [0, 0.1) is 11.7 Å². The van der Waals surface area contributed by atoms with Gasteiger partial charge in [0.25, 0.3) is 0 Å². The van der Waals surface area contributed by atoms with E-state index >= 15 is 0 Å². The molecule has 0 bridgehead atoms. The molecule has 1 saturated heterocycles. The second kappa shape index (κ2) is 9.01. The predicted octanol–water partition coefficient (Wildman–Crippen LogP) is 2.32. The molecule has 26 heavy (non-hydrogen) atoms. The molecule has 6 heteroatoms. The van der Waals surface area contributed by atoms with E-state index in [2.05, 4.69) is 15.6 Å². The van der Waals surface area contributed by atoms with Crippen molar-refractivity contribution in [3.63, 3.8) is 0 Å². The Bertz CT molecular complexity index is 625. The Labute approximate surface area is 155 Å². The summed E-state index contributed by atoms with van der Waals surface area (Å²) >= 11 is 0. The molecule has 1 aliphatic heterocycles. The van der Waals surface area contributed by atoms with Crippen LogP contribution in [0.1, 0.15) is 37.7 Å². The number of nitrogens with zero attached hydrogens (tertiary/aromatic N) is 2. The number of hydrogen-bond donors (Lipinski definition) is 2. The van der Waals surface area contributed by atoms with Crippen LogP contribution in [0.15, 0.2) is 29.3 Å². The third-order valence-corrected chi connectivity index (χ3v) is 5.39. The Morgan fingerprint density at radius 3 is 2.65 bits per heavy atom. The number of halogens is 1. The van der Waals surface area contributed by atoms with Gasteiger partial charge in [0, 0.05) is 38.6 Å². The van der Waals surface area contributed by atoms with Crippen molar-refractivity contribution in [2.24, 2.45) is 10.9 Å². The minimum absolute atomic E-state index is 0.211. The Morgan fingerprint density at radius 2 is 1.96 bits per heavy atom. The summed E-state index contributed by atoms with van der Waals surface area (Å²) in [6.07, 6.45) is 6.25. The van der Waals surface area contributed by atoms with Gasteiger partial charge in [-0.15, -0.1) is 0 Å². The number of guanidine groups is 1. The van der Waals surface area contributed by atoms with Crippen LogP contribution in [0.25, 0.3) is 0 Å². The van der Waals surface area contributed by atoms with Gasteiger partial charge < -0.3 is 15.5 Å². The standard InChI is InChI=1S/C20H29FN4O/c1-22-20(23-12-10-15-6-8-17(21)9-7-15)24-18-11-13-25(14-18)19(26)16-4-2-3-5-16/h6-9,16,18H,2-5,10-14H2,1H3,(H2,22,23,24). The van der Waals surface area contributed by atoms with Crippen LogP contribution in [0.2, 0.25) is 0 Å². The molecule has 1 atom stereocenters. The summed E-state index contributed by atoms with van der Waals surface area (Å²) in [4.78, 5) is 18.8. The zero-order valence-electron chi connectivity index (χ0n) is 15.5. The van der Waals surface area contributed by atoms with Gasteiger partial charge in [0.1, 0.15) is 5.82 Å². The smallest absolute Gasteiger partial charge is 0.225 e. The first kappa shape index (κ1) is 18.7. The molecule has 1 aromatic carbocycles. The Balaban J connectivity index is 1.40. The number of hydrogen-bond acceptors (Lipinski definition) is 2. The molecule has 2 fully saturated rings. The highest BCUT2D eigenvalue weighted by molar-refractivity contribution is 5.81. The average molecular weight is 360 g/mol. The fourth-order valence-electron chi connectivity index (χ4n) is 3.87. The summed E-state index contributed by atoms with van der Waals surface area (Å²) in [6, 6.07) is 6.82. The molecule has 1 aliphatic carbocycles. The summed E-state index contributed by atoms with van der Waals surface area (Å²) in [7, 11) is 1.75. The van der Waals surface area contributed by atoms with E-state index in [1.807, 2.05) is 4.90 Å². The van der Waals surface area contributed by atoms with Crippen molar-refractivity contribution in [3.8, 4) is 0 Å². The normalized spacial score (nSPS) is 21.2. The molecule has 0 radical (unpaired) electrons. The molecule has 142 valence electrons. The first-order chi connectivity index (χ1) is 12.7. The fraction of sp³-hybridized carbons (Fsp3) is 0.600. The van der Waals surface area contributed by atoms with E-state index in [4.69, 9.17) is 0 Å². The largest absolute Gasteiger partial charge is 0.356 e. The van der Waals surface area contributed by atoms with Crippen LogP contribution in [0.4, 0.5) is 4.39 Å². The van der Waals surface area contributed by atoms with Crippen LogP contribution in [-0.2, 0) is 11.2 Å². The number of nitrogens with one attached hydrogen (secondary N) is 2. The molecule has 0 aromatic heterocycles. The van der Waals surface area contributed by atoms with E-state index in [1.165, 1.54) is 25.0 Å². The number of aliphatic imine (C=N–C) groups is 1. The van der Waals surface area contributed by atoms with Crippen LogP contribution in [-0.4, -0.2) is 49.5 Å². The van der Waals surface area contributed by atoms with Gasteiger partial charge >= 0.3 is 0 Å². The van der Waals surface area contributed by atoms with E-state index in [-0.39, 0.29) is 17.8 Å². The number of amides is 1. The van der Waals surface area contributed by atoms with Gasteiger partial charge in [-0.25, -0.2) is 4.39 Å². The molecule has 5 nitrogen and oxygen atoms in total. The van der Waals surface area contributed by atoms with Gasteiger partial charge in [0.2, 0.25) is 5.91 Å². The first-order valence-corrected chi connectivity index (χ1v) is 9.66. The third kappa shape index (κ3) is 4.96. The van der Waals surface area contributed by atoms with Crippen LogP contribution in [0.5, 0.6) is 0 Å². The molecule has 1 saturated carbocycles. The van der Waals surface area contributed by atoms with Crippen molar-refractivity contribution >= 4 is 11.9 Å². The molecule has 1 amide bonds. The lowest BCUT2D eigenvalue weighted by Crippen LogP contribution is -2.45. The Morgan fingerprint density at radius 1 is 1.23 bits per heavy atom. The number of rotatable bonds is 5. The van der Waals surface area contributed by atoms with Crippen molar-refractivity contribution in [1.29, 1.82) is 0 Å². The Kier molecular flexibility index (Phi) is 6.47. The topological polar surface area (TPSA) is 56.7 Å². The quantitative estimate of drug-likeness (QED) is 0.626. The summed E-state index contributed by atoms with van der Waals surface area (Å²) in [6.45, 7) is 2.32. The highest BCUT2D eigenvalue weighted by Crippen LogP contribution is 2.27. The molecule has 1 aromatic rings. The summed E-state index contributed by atoms with van der Waals surface area (Å²) in [5.41, 5.74) is 1.09. The van der Waals surface area contributed by atoms with Gasteiger partial charge in [-0.2, -0.15) is 0 Å². The molecular weight excluding hydrogens is 331 g/mol. The van der Waals surface area contributed by atoms with Gasteiger partial charge in [0.05, 0.1) is 0 Å². The second-order valence-electron chi connectivity index (χ2n) is 7.27. The van der Waals surface area contributed by atoms with Gasteiger partial charge in [0.15, 0.2) is 5.96 Å². The van der Waals surface area contributed by atoms with Crippen LogP contribution < -0.4 is 10.6 Å². The minimum Gasteiger partial charge on any atom is -0.356 e. The average Bonchev–Trinajstić information content (AvgIpc) is 3.34. The summed E-state index contributed by atoms with van der Waals surface area (Å²) in [5.74, 6) is 1.14. The monoisotopic (exact) mass is 360 g/mol. The summed E-state index contributed by atoms with van der Waals surface area (Å²) in [5, 5.41) is 6.72. The highest BCUT2D eigenvalue weighted by Gasteiger charge is 2.32. The van der Waals surface area contributed by atoms with Gasteiger partial charge in [-0.05, 0) is 43.4 Å².